The summed E-state index contributed by atoms with van der Waals surface area (Å²) in [5.41, 5.74) is 0.558. The van der Waals surface area contributed by atoms with Crippen molar-refractivity contribution in [1.29, 1.82) is 0 Å². The number of aromatic nitrogens is 1. The minimum atomic E-state index is -3.65. The summed E-state index contributed by atoms with van der Waals surface area (Å²) in [7, 11) is -3.65. The molecule has 2 aliphatic rings. The second kappa shape index (κ2) is 4.57. The van der Waals surface area contributed by atoms with E-state index in [0.29, 0.717) is 18.8 Å². The van der Waals surface area contributed by atoms with Gasteiger partial charge in [-0.2, -0.15) is 0 Å². The summed E-state index contributed by atoms with van der Waals surface area (Å²) in [6.45, 7) is 1.12. The van der Waals surface area contributed by atoms with Crippen LogP contribution < -0.4 is 4.72 Å². The first kappa shape index (κ1) is 12.6. The SMILES string of the molecule is O=C(NS(=O)(=O)Cc1cccnc1)C1[C@H]2COC[C@@H]12. The van der Waals surface area contributed by atoms with E-state index in [1.165, 1.54) is 6.20 Å². The van der Waals surface area contributed by atoms with Crippen molar-refractivity contribution in [2.75, 3.05) is 13.2 Å². The Morgan fingerprint density at radius 3 is 2.79 bits per heavy atom. The molecule has 1 aliphatic carbocycles. The number of fused-ring (bicyclic) bond motifs is 1. The zero-order valence-electron chi connectivity index (χ0n) is 10.2. The summed E-state index contributed by atoms with van der Waals surface area (Å²) in [5, 5.41) is 0. The number of ether oxygens (including phenoxy) is 1. The van der Waals surface area contributed by atoms with Gasteiger partial charge in [-0.25, -0.2) is 8.42 Å². The van der Waals surface area contributed by atoms with Crippen LogP contribution in [-0.4, -0.2) is 32.5 Å². The van der Waals surface area contributed by atoms with Crippen molar-refractivity contribution in [2.24, 2.45) is 17.8 Å². The number of amides is 1. The molecule has 0 bridgehead atoms. The fraction of sp³-hybridized carbons (Fsp3) is 0.500. The lowest BCUT2D eigenvalue weighted by Crippen LogP contribution is -2.34. The first-order valence-electron chi connectivity index (χ1n) is 6.08. The third-order valence-corrected chi connectivity index (χ3v) is 4.82. The van der Waals surface area contributed by atoms with Gasteiger partial charge in [0.2, 0.25) is 15.9 Å². The van der Waals surface area contributed by atoms with Crippen LogP contribution in [0.1, 0.15) is 5.56 Å². The third kappa shape index (κ3) is 2.62. The first-order valence-corrected chi connectivity index (χ1v) is 7.73. The highest BCUT2D eigenvalue weighted by atomic mass is 32.2. The summed E-state index contributed by atoms with van der Waals surface area (Å²) in [6, 6.07) is 3.33. The third-order valence-electron chi connectivity index (χ3n) is 3.59. The molecular weight excluding hydrogens is 268 g/mol. The number of hydrogen-bond acceptors (Lipinski definition) is 5. The van der Waals surface area contributed by atoms with Crippen molar-refractivity contribution in [3.8, 4) is 0 Å². The fourth-order valence-corrected chi connectivity index (χ4v) is 3.71. The Morgan fingerprint density at radius 2 is 2.16 bits per heavy atom. The highest BCUT2D eigenvalue weighted by molar-refractivity contribution is 7.89. The summed E-state index contributed by atoms with van der Waals surface area (Å²) < 4.78 is 31.1. The Morgan fingerprint density at radius 1 is 1.42 bits per heavy atom. The Balaban J connectivity index is 1.61. The van der Waals surface area contributed by atoms with E-state index in [1.807, 2.05) is 0 Å². The lowest BCUT2D eigenvalue weighted by Gasteiger charge is -2.08. The van der Waals surface area contributed by atoms with Gasteiger partial charge in [-0.05, 0) is 23.5 Å². The van der Waals surface area contributed by atoms with Gasteiger partial charge in [-0.15, -0.1) is 0 Å². The van der Waals surface area contributed by atoms with Crippen LogP contribution in [0, 0.1) is 17.8 Å². The predicted octanol–water partition coefficient (Wildman–Crippen LogP) is -0.0800. The van der Waals surface area contributed by atoms with Gasteiger partial charge in [0.05, 0.1) is 19.0 Å². The van der Waals surface area contributed by atoms with Crippen LogP contribution in [0.3, 0.4) is 0 Å². The molecule has 102 valence electrons. The number of nitrogens with one attached hydrogen (secondary N) is 1. The summed E-state index contributed by atoms with van der Waals surface area (Å²) in [4.78, 5) is 15.7. The quantitative estimate of drug-likeness (QED) is 0.835. The maximum Gasteiger partial charge on any atom is 0.239 e. The summed E-state index contributed by atoms with van der Waals surface area (Å²) in [5.74, 6) is -0.424. The van der Waals surface area contributed by atoms with Crippen molar-refractivity contribution in [1.82, 2.24) is 9.71 Å². The number of nitrogens with zero attached hydrogens (tertiary/aromatic N) is 1. The lowest BCUT2D eigenvalue weighted by molar-refractivity contribution is -0.121. The molecule has 0 spiro atoms. The molecule has 1 saturated carbocycles. The largest absolute Gasteiger partial charge is 0.381 e. The van der Waals surface area contributed by atoms with Crippen LogP contribution in [0.15, 0.2) is 24.5 Å². The van der Waals surface area contributed by atoms with Crippen molar-refractivity contribution in [3.05, 3.63) is 30.1 Å². The van der Waals surface area contributed by atoms with Crippen molar-refractivity contribution < 1.29 is 17.9 Å². The van der Waals surface area contributed by atoms with E-state index in [9.17, 15) is 13.2 Å². The number of carbonyl (C=O) groups excluding carboxylic acids is 1. The molecule has 1 aliphatic heterocycles. The van der Waals surface area contributed by atoms with E-state index < -0.39 is 15.9 Å². The van der Waals surface area contributed by atoms with Gasteiger partial charge in [0.1, 0.15) is 0 Å². The smallest absolute Gasteiger partial charge is 0.239 e. The average molecular weight is 282 g/mol. The predicted molar refractivity (Wildman–Crippen MR) is 66.3 cm³/mol. The van der Waals surface area contributed by atoms with Crippen LogP contribution in [0.2, 0.25) is 0 Å². The maximum atomic E-state index is 11.9. The van der Waals surface area contributed by atoms with Gasteiger partial charge in [-0.3, -0.25) is 14.5 Å². The number of hydrogen-bond donors (Lipinski definition) is 1. The molecule has 19 heavy (non-hydrogen) atoms. The number of pyridine rings is 1. The number of sulfonamides is 1. The standard InChI is InChI=1S/C12H14N2O4S/c15-12(11-9-5-18-6-10(9)11)14-19(16,17)7-8-2-1-3-13-4-8/h1-4,9-11H,5-7H2,(H,14,15)/t9-,10+,11?. The van der Waals surface area contributed by atoms with E-state index in [0.717, 1.165) is 0 Å². The van der Waals surface area contributed by atoms with E-state index >= 15 is 0 Å². The molecule has 7 heteroatoms. The highest BCUT2D eigenvalue weighted by Crippen LogP contribution is 2.50. The number of carbonyl (C=O) groups is 1. The Bertz CT molecular complexity index is 577. The van der Waals surface area contributed by atoms with Gasteiger partial charge in [0.25, 0.3) is 0 Å². The molecule has 1 aromatic heterocycles. The molecule has 1 N–H and O–H groups in total. The molecule has 2 heterocycles. The van der Waals surface area contributed by atoms with Gasteiger partial charge in [0.15, 0.2) is 0 Å². The zero-order chi connectivity index (χ0) is 13.5. The first-order chi connectivity index (χ1) is 9.07. The summed E-state index contributed by atoms with van der Waals surface area (Å²) in [6.07, 6.45) is 3.05. The average Bonchev–Trinajstić information content (AvgIpc) is 2.84. The maximum absolute atomic E-state index is 11.9. The topological polar surface area (TPSA) is 85.4 Å². The van der Waals surface area contributed by atoms with E-state index in [-0.39, 0.29) is 23.5 Å². The summed E-state index contributed by atoms with van der Waals surface area (Å²) >= 11 is 0. The lowest BCUT2D eigenvalue weighted by atomic mass is 10.3. The fourth-order valence-electron chi connectivity index (χ4n) is 2.59. The molecule has 3 rings (SSSR count). The van der Waals surface area contributed by atoms with Gasteiger partial charge < -0.3 is 4.74 Å². The minimum absolute atomic E-state index is 0.197. The molecule has 1 aromatic rings. The van der Waals surface area contributed by atoms with Crippen LogP contribution in [0.5, 0.6) is 0 Å². The zero-order valence-corrected chi connectivity index (χ0v) is 11.0. The van der Waals surface area contributed by atoms with Crippen molar-refractivity contribution in [3.63, 3.8) is 0 Å². The second-order valence-corrected chi connectivity index (χ2v) is 6.70. The second-order valence-electron chi connectivity index (χ2n) is 4.98. The van der Waals surface area contributed by atoms with Gasteiger partial charge >= 0.3 is 0 Å². The highest BCUT2D eigenvalue weighted by Gasteiger charge is 2.58. The van der Waals surface area contributed by atoms with Crippen LogP contribution in [0.4, 0.5) is 0 Å². The van der Waals surface area contributed by atoms with Crippen molar-refractivity contribution in [2.45, 2.75) is 5.75 Å². The Hall–Kier alpha value is -1.47. The number of rotatable bonds is 4. The molecule has 6 nitrogen and oxygen atoms in total. The van der Waals surface area contributed by atoms with Crippen molar-refractivity contribution >= 4 is 15.9 Å². The van der Waals surface area contributed by atoms with E-state index in [2.05, 4.69) is 9.71 Å². The molecule has 0 radical (unpaired) electrons. The monoisotopic (exact) mass is 282 g/mol. The van der Waals surface area contributed by atoms with E-state index in [1.54, 1.807) is 18.3 Å². The van der Waals surface area contributed by atoms with Gasteiger partial charge in [0, 0.05) is 18.3 Å². The minimum Gasteiger partial charge on any atom is -0.381 e. The normalized spacial score (nSPS) is 28.7. The van der Waals surface area contributed by atoms with Crippen LogP contribution in [0.25, 0.3) is 0 Å². The molecule has 1 amide bonds. The molecule has 1 saturated heterocycles. The molecular formula is C12H14N2O4S. The van der Waals surface area contributed by atoms with E-state index in [4.69, 9.17) is 4.74 Å². The van der Waals surface area contributed by atoms with Crippen LogP contribution >= 0.6 is 0 Å². The van der Waals surface area contributed by atoms with Crippen LogP contribution in [-0.2, 0) is 25.3 Å². The molecule has 3 atom stereocenters. The molecule has 2 fully saturated rings. The molecule has 0 aromatic carbocycles. The Labute approximate surface area is 111 Å². The molecule has 1 unspecified atom stereocenters. The Kier molecular flexibility index (Phi) is 3.02. The van der Waals surface area contributed by atoms with Gasteiger partial charge in [-0.1, -0.05) is 6.07 Å².